The van der Waals surface area contributed by atoms with Gasteiger partial charge in [0, 0.05) is 36.5 Å². The molecule has 4 rings (SSSR count). The van der Waals surface area contributed by atoms with Crippen molar-refractivity contribution in [2.45, 2.75) is 58.1 Å². The molecule has 1 aliphatic rings. The van der Waals surface area contributed by atoms with Crippen molar-refractivity contribution in [2.24, 2.45) is 0 Å². The zero-order valence-corrected chi connectivity index (χ0v) is 20.4. The van der Waals surface area contributed by atoms with Gasteiger partial charge in [0.2, 0.25) is 11.8 Å². The van der Waals surface area contributed by atoms with E-state index in [9.17, 15) is 14.4 Å². The van der Waals surface area contributed by atoms with E-state index >= 15 is 0 Å². The van der Waals surface area contributed by atoms with E-state index < -0.39 is 17.7 Å². The first-order valence-electron chi connectivity index (χ1n) is 12.0. The fraction of sp³-hybridized carbons (Fsp3) is 0.462. The van der Waals surface area contributed by atoms with Crippen LogP contribution in [0.4, 0.5) is 4.79 Å². The number of alkyl carbamates (subject to hydrolysis) is 1. The maximum atomic E-state index is 12.6. The van der Waals surface area contributed by atoms with E-state index in [-0.39, 0.29) is 11.8 Å². The van der Waals surface area contributed by atoms with Gasteiger partial charge >= 0.3 is 6.09 Å². The number of carbonyl (C=O) groups is 3. The van der Waals surface area contributed by atoms with Crippen molar-refractivity contribution in [3.63, 3.8) is 0 Å². The van der Waals surface area contributed by atoms with Crippen LogP contribution >= 0.6 is 0 Å². The van der Waals surface area contributed by atoms with Crippen molar-refractivity contribution in [1.29, 1.82) is 0 Å². The highest BCUT2D eigenvalue weighted by molar-refractivity contribution is 6.09. The minimum Gasteiger partial charge on any atom is -0.444 e. The Morgan fingerprint density at radius 2 is 2.03 bits per heavy atom. The number of amides is 3. The van der Waals surface area contributed by atoms with E-state index in [0.717, 1.165) is 34.8 Å². The molecule has 3 aromatic rings. The third-order valence-electron chi connectivity index (χ3n) is 5.82. The Bertz CT molecular complexity index is 1240. The lowest BCUT2D eigenvalue weighted by atomic mass is 10.0. The summed E-state index contributed by atoms with van der Waals surface area (Å²) in [5, 5.41) is 7.16. The SMILES string of the molecule is CC(C)(C)OC(=O)NCCOCCCc1ccc2c(c1)c1cccnc1n2C1CCC(=O)NC1=O. The predicted octanol–water partition coefficient (Wildman–Crippen LogP) is 3.64. The Morgan fingerprint density at radius 3 is 2.80 bits per heavy atom. The zero-order chi connectivity index (χ0) is 25.0. The fourth-order valence-corrected chi connectivity index (χ4v) is 4.34. The number of hydrogen-bond donors (Lipinski definition) is 2. The summed E-state index contributed by atoms with van der Waals surface area (Å²) in [7, 11) is 0. The molecule has 0 radical (unpaired) electrons. The number of rotatable bonds is 8. The van der Waals surface area contributed by atoms with Crippen molar-refractivity contribution < 1.29 is 23.9 Å². The second-order valence-corrected chi connectivity index (χ2v) is 9.71. The fourth-order valence-electron chi connectivity index (χ4n) is 4.34. The van der Waals surface area contributed by atoms with Gasteiger partial charge in [-0.2, -0.15) is 0 Å². The van der Waals surface area contributed by atoms with Crippen molar-refractivity contribution in [1.82, 2.24) is 20.2 Å². The van der Waals surface area contributed by atoms with Gasteiger partial charge in [-0.25, -0.2) is 9.78 Å². The number of nitrogens with one attached hydrogen (secondary N) is 2. The highest BCUT2D eigenvalue weighted by atomic mass is 16.6. The predicted molar refractivity (Wildman–Crippen MR) is 132 cm³/mol. The topological polar surface area (TPSA) is 112 Å². The van der Waals surface area contributed by atoms with Crippen LogP contribution < -0.4 is 10.6 Å². The maximum absolute atomic E-state index is 12.6. The number of aromatic nitrogens is 2. The molecule has 3 amide bonds. The number of hydrogen-bond acceptors (Lipinski definition) is 6. The van der Waals surface area contributed by atoms with Gasteiger partial charge in [0.15, 0.2) is 0 Å². The molecule has 1 aliphatic heterocycles. The molecule has 0 aliphatic carbocycles. The molecule has 1 saturated heterocycles. The lowest BCUT2D eigenvalue weighted by molar-refractivity contribution is -0.135. The molecule has 2 aromatic heterocycles. The number of carbonyl (C=O) groups excluding carboxylic acids is 3. The Balaban J connectivity index is 1.37. The first kappa shape index (κ1) is 24.7. The van der Waals surface area contributed by atoms with Crippen LogP contribution in [-0.2, 0) is 25.5 Å². The summed E-state index contributed by atoms with van der Waals surface area (Å²) >= 11 is 0. The number of nitrogens with zero attached hydrogens (tertiary/aromatic N) is 2. The second kappa shape index (κ2) is 10.4. The number of piperidine rings is 1. The molecule has 0 bridgehead atoms. The van der Waals surface area contributed by atoms with E-state index in [4.69, 9.17) is 9.47 Å². The van der Waals surface area contributed by atoms with Gasteiger partial charge < -0.3 is 19.4 Å². The molecule has 9 nitrogen and oxygen atoms in total. The Labute approximate surface area is 204 Å². The van der Waals surface area contributed by atoms with Gasteiger partial charge in [0.25, 0.3) is 0 Å². The van der Waals surface area contributed by atoms with Crippen LogP contribution in [0.25, 0.3) is 21.9 Å². The summed E-state index contributed by atoms with van der Waals surface area (Å²) in [6, 6.07) is 9.68. The largest absolute Gasteiger partial charge is 0.444 e. The number of aryl methyl sites for hydroxylation is 1. The molecule has 3 heterocycles. The Morgan fingerprint density at radius 1 is 1.20 bits per heavy atom. The molecule has 186 valence electrons. The summed E-state index contributed by atoms with van der Waals surface area (Å²) in [5.74, 6) is -0.516. The molecule has 9 heteroatoms. The van der Waals surface area contributed by atoms with E-state index in [1.165, 1.54) is 5.56 Å². The van der Waals surface area contributed by atoms with E-state index in [1.807, 2.05) is 43.5 Å². The number of benzene rings is 1. The maximum Gasteiger partial charge on any atom is 0.407 e. The molecule has 1 atom stereocenters. The summed E-state index contributed by atoms with van der Waals surface area (Å²) in [6.45, 7) is 6.86. The van der Waals surface area contributed by atoms with Gasteiger partial charge in [0.1, 0.15) is 17.3 Å². The van der Waals surface area contributed by atoms with Gasteiger partial charge in [-0.05, 0) is 69.9 Å². The molecule has 1 unspecified atom stereocenters. The molecule has 1 aromatic carbocycles. The average Bonchev–Trinajstić information content (AvgIpc) is 3.11. The van der Waals surface area contributed by atoms with E-state index in [2.05, 4.69) is 27.8 Å². The summed E-state index contributed by atoms with van der Waals surface area (Å²) in [5.41, 5.74) is 2.33. The molecule has 0 spiro atoms. The lowest BCUT2D eigenvalue weighted by Crippen LogP contribution is -2.41. The third-order valence-corrected chi connectivity index (χ3v) is 5.82. The van der Waals surface area contributed by atoms with Gasteiger partial charge in [-0.15, -0.1) is 0 Å². The van der Waals surface area contributed by atoms with Crippen molar-refractivity contribution in [3.05, 3.63) is 42.1 Å². The summed E-state index contributed by atoms with van der Waals surface area (Å²) < 4.78 is 12.8. The standard InChI is InChI=1S/C26H32N4O5/c1-26(2,3)35-25(33)28-13-15-34-14-5-6-17-8-9-20-19(16-17)18-7-4-12-27-23(18)30(20)21-10-11-22(31)29-24(21)32/h4,7-9,12,16,21H,5-6,10-11,13-15H2,1-3H3,(H,28,33)(H,29,31,32). The van der Waals surface area contributed by atoms with Gasteiger partial charge in [-0.3, -0.25) is 14.9 Å². The smallest absolute Gasteiger partial charge is 0.407 e. The lowest BCUT2D eigenvalue weighted by Gasteiger charge is -2.23. The molecule has 35 heavy (non-hydrogen) atoms. The zero-order valence-electron chi connectivity index (χ0n) is 20.4. The van der Waals surface area contributed by atoms with Crippen LogP contribution in [0.3, 0.4) is 0 Å². The average molecular weight is 481 g/mol. The first-order chi connectivity index (χ1) is 16.7. The second-order valence-electron chi connectivity index (χ2n) is 9.71. The number of ether oxygens (including phenoxy) is 2. The normalized spacial score (nSPS) is 16.5. The first-order valence-corrected chi connectivity index (χ1v) is 12.0. The quantitative estimate of drug-likeness (QED) is 0.376. The molecular formula is C26H32N4O5. The van der Waals surface area contributed by atoms with Crippen LogP contribution in [0.15, 0.2) is 36.5 Å². The molecular weight excluding hydrogens is 448 g/mol. The number of imide groups is 1. The Kier molecular flexibility index (Phi) is 7.35. The van der Waals surface area contributed by atoms with Crippen molar-refractivity contribution >= 4 is 39.8 Å². The Hall–Kier alpha value is -3.46. The minimum atomic E-state index is -0.518. The van der Waals surface area contributed by atoms with Crippen molar-refractivity contribution in [2.75, 3.05) is 19.8 Å². The van der Waals surface area contributed by atoms with Crippen LogP contribution in [0.2, 0.25) is 0 Å². The highest BCUT2D eigenvalue weighted by Crippen LogP contribution is 2.34. The summed E-state index contributed by atoms with van der Waals surface area (Å²) in [4.78, 5) is 40.4. The van der Waals surface area contributed by atoms with Crippen molar-refractivity contribution in [3.8, 4) is 0 Å². The third kappa shape index (κ3) is 5.97. The van der Waals surface area contributed by atoms with Gasteiger partial charge in [-0.1, -0.05) is 6.07 Å². The number of pyridine rings is 1. The highest BCUT2D eigenvalue weighted by Gasteiger charge is 2.30. The number of fused-ring (bicyclic) bond motifs is 3. The van der Waals surface area contributed by atoms with Crippen LogP contribution in [-0.4, -0.2) is 52.8 Å². The monoisotopic (exact) mass is 480 g/mol. The van der Waals surface area contributed by atoms with Crippen LogP contribution in [0.1, 0.15) is 51.6 Å². The molecule has 0 saturated carbocycles. The summed E-state index contributed by atoms with van der Waals surface area (Å²) in [6.07, 6.45) is 3.72. The van der Waals surface area contributed by atoms with Crippen LogP contribution in [0.5, 0.6) is 0 Å². The molecule has 1 fully saturated rings. The van der Waals surface area contributed by atoms with E-state index in [1.54, 1.807) is 6.20 Å². The van der Waals surface area contributed by atoms with E-state index in [0.29, 0.717) is 32.6 Å². The minimum absolute atomic E-state index is 0.231. The van der Waals surface area contributed by atoms with Crippen LogP contribution in [0, 0.1) is 0 Å². The molecule has 2 N–H and O–H groups in total. The van der Waals surface area contributed by atoms with Gasteiger partial charge in [0.05, 0.1) is 12.1 Å².